The van der Waals surface area contributed by atoms with E-state index in [9.17, 15) is 4.79 Å². The van der Waals surface area contributed by atoms with Crippen molar-refractivity contribution < 1.29 is 9.47 Å². The zero-order valence-electron chi connectivity index (χ0n) is 16.9. The van der Waals surface area contributed by atoms with Crippen LogP contribution in [0.1, 0.15) is 26.3 Å². The number of halogens is 1. The van der Waals surface area contributed by atoms with E-state index in [0.717, 1.165) is 5.56 Å². The van der Waals surface area contributed by atoms with Crippen molar-refractivity contribution in [2.45, 2.75) is 20.8 Å². The normalized spacial score (nSPS) is 11.8. The van der Waals surface area contributed by atoms with Crippen molar-refractivity contribution in [1.29, 1.82) is 0 Å². The molecular formula is C23H25ClN2O3. The Hall–Kier alpha value is -2.92. The molecule has 0 radical (unpaired) electrons. The monoisotopic (exact) mass is 412 g/mol. The highest BCUT2D eigenvalue weighted by Gasteiger charge is 2.09. The summed E-state index contributed by atoms with van der Waals surface area (Å²) in [7, 11) is 0. The van der Waals surface area contributed by atoms with Crippen LogP contribution in [0.5, 0.6) is 11.5 Å². The van der Waals surface area contributed by atoms with Crippen molar-refractivity contribution in [2.24, 2.45) is 5.92 Å². The van der Waals surface area contributed by atoms with Crippen molar-refractivity contribution in [3.8, 4) is 17.2 Å². The molecule has 1 aromatic heterocycles. The third-order valence-corrected chi connectivity index (χ3v) is 4.49. The summed E-state index contributed by atoms with van der Waals surface area (Å²) in [5.74, 6) is 1.76. The van der Waals surface area contributed by atoms with Gasteiger partial charge >= 0.3 is 0 Å². The van der Waals surface area contributed by atoms with Crippen LogP contribution in [0.3, 0.4) is 0 Å². The highest BCUT2D eigenvalue weighted by molar-refractivity contribution is 6.30. The van der Waals surface area contributed by atoms with Gasteiger partial charge in [0.05, 0.1) is 29.5 Å². The van der Waals surface area contributed by atoms with Gasteiger partial charge in [0.15, 0.2) is 11.5 Å². The van der Waals surface area contributed by atoms with Gasteiger partial charge in [-0.2, -0.15) is 0 Å². The van der Waals surface area contributed by atoms with Gasteiger partial charge in [-0.25, -0.2) is 4.68 Å². The quantitative estimate of drug-likeness (QED) is 0.646. The lowest BCUT2D eigenvalue weighted by atomic mass is 10.1. The molecule has 0 saturated carbocycles. The number of ether oxygens (including phenoxy) is 2. The first-order valence-electron chi connectivity index (χ1n) is 9.56. The molecule has 0 amide bonds. The third-order valence-electron chi connectivity index (χ3n) is 4.24. The summed E-state index contributed by atoms with van der Waals surface area (Å²) in [6.45, 7) is 11.2. The second-order valence-corrected chi connectivity index (χ2v) is 7.55. The van der Waals surface area contributed by atoms with Crippen LogP contribution in [0.2, 0.25) is 5.02 Å². The molecule has 0 fully saturated rings. The van der Waals surface area contributed by atoms with Crippen LogP contribution >= 0.6 is 11.6 Å². The van der Waals surface area contributed by atoms with Gasteiger partial charge in [0, 0.05) is 5.02 Å². The summed E-state index contributed by atoms with van der Waals surface area (Å²) in [5, 5.41) is 4.64. The van der Waals surface area contributed by atoms with E-state index in [0.29, 0.717) is 51.9 Å². The molecule has 0 saturated heterocycles. The SMILES string of the molecule is C=c1[nH]n(-c2ccc(Cl)cc2)c(=O)/c1=C\c1ccc(OCC(C)C)c(OCC)c1. The zero-order chi connectivity index (χ0) is 21.0. The number of hydrogen-bond donors (Lipinski definition) is 1. The van der Waals surface area contributed by atoms with Crippen molar-refractivity contribution >= 4 is 24.3 Å². The van der Waals surface area contributed by atoms with E-state index in [1.165, 1.54) is 4.68 Å². The molecule has 0 unspecified atom stereocenters. The van der Waals surface area contributed by atoms with Crippen LogP contribution < -0.4 is 25.6 Å². The van der Waals surface area contributed by atoms with Crippen LogP contribution in [0.25, 0.3) is 18.3 Å². The van der Waals surface area contributed by atoms with Gasteiger partial charge in [-0.1, -0.05) is 38.1 Å². The first kappa shape index (κ1) is 20.8. The van der Waals surface area contributed by atoms with E-state index in [2.05, 4.69) is 25.5 Å². The maximum atomic E-state index is 12.9. The minimum absolute atomic E-state index is 0.185. The molecule has 2 aromatic carbocycles. The molecule has 5 nitrogen and oxygen atoms in total. The van der Waals surface area contributed by atoms with Gasteiger partial charge in [0.1, 0.15) is 0 Å². The van der Waals surface area contributed by atoms with Gasteiger partial charge < -0.3 is 9.47 Å². The zero-order valence-corrected chi connectivity index (χ0v) is 17.6. The van der Waals surface area contributed by atoms with Crippen molar-refractivity contribution in [3.63, 3.8) is 0 Å². The van der Waals surface area contributed by atoms with Crippen molar-refractivity contribution in [1.82, 2.24) is 9.78 Å². The molecule has 0 aliphatic rings. The molecular weight excluding hydrogens is 388 g/mol. The fraction of sp³-hybridized carbons (Fsp3) is 0.261. The summed E-state index contributed by atoms with van der Waals surface area (Å²) in [5.41, 5.74) is 1.33. The number of H-pyrrole nitrogens is 1. The average molecular weight is 413 g/mol. The van der Waals surface area contributed by atoms with Gasteiger partial charge in [0.2, 0.25) is 0 Å². The van der Waals surface area contributed by atoms with Crippen LogP contribution in [0.4, 0.5) is 0 Å². The number of rotatable bonds is 7. The van der Waals surface area contributed by atoms with E-state index in [-0.39, 0.29) is 5.56 Å². The Labute approximate surface area is 174 Å². The van der Waals surface area contributed by atoms with Crippen LogP contribution in [-0.4, -0.2) is 23.0 Å². The second kappa shape index (κ2) is 9.05. The molecule has 0 atom stereocenters. The highest BCUT2D eigenvalue weighted by atomic mass is 35.5. The molecule has 3 aromatic rings. The summed E-state index contributed by atoms with van der Waals surface area (Å²) >= 11 is 5.94. The fourth-order valence-electron chi connectivity index (χ4n) is 2.84. The molecule has 0 aliphatic heterocycles. The molecule has 152 valence electrons. The fourth-order valence-corrected chi connectivity index (χ4v) is 2.97. The first-order chi connectivity index (χ1) is 13.9. The number of aromatic amines is 1. The topological polar surface area (TPSA) is 56.2 Å². The molecule has 3 rings (SSSR count). The van der Waals surface area contributed by atoms with E-state index in [1.54, 1.807) is 30.3 Å². The van der Waals surface area contributed by atoms with E-state index >= 15 is 0 Å². The Morgan fingerprint density at radius 3 is 2.52 bits per heavy atom. The number of nitrogens with one attached hydrogen (secondary N) is 1. The van der Waals surface area contributed by atoms with E-state index in [1.807, 2.05) is 25.1 Å². The minimum atomic E-state index is -0.185. The van der Waals surface area contributed by atoms with Gasteiger partial charge in [0.25, 0.3) is 5.56 Å². The lowest BCUT2D eigenvalue weighted by molar-refractivity contribution is 0.248. The smallest absolute Gasteiger partial charge is 0.279 e. The molecule has 0 aliphatic carbocycles. The first-order valence-corrected chi connectivity index (χ1v) is 9.94. The number of aromatic nitrogens is 2. The lowest BCUT2D eigenvalue weighted by Gasteiger charge is -2.13. The Bertz CT molecular complexity index is 1140. The maximum Gasteiger partial charge on any atom is 0.279 e. The largest absolute Gasteiger partial charge is 0.490 e. The Balaban J connectivity index is 2.02. The van der Waals surface area contributed by atoms with Crippen LogP contribution in [0.15, 0.2) is 47.3 Å². The van der Waals surface area contributed by atoms with Gasteiger partial charge in [-0.05, 0) is 60.9 Å². The molecule has 0 bridgehead atoms. The second-order valence-electron chi connectivity index (χ2n) is 7.11. The van der Waals surface area contributed by atoms with E-state index in [4.69, 9.17) is 21.1 Å². The number of nitrogens with zero attached hydrogens (tertiary/aromatic N) is 1. The molecule has 0 spiro atoms. The predicted octanol–water partition coefficient (Wildman–Crippen LogP) is 3.49. The van der Waals surface area contributed by atoms with Gasteiger partial charge in [-0.3, -0.25) is 9.89 Å². The molecule has 29 heavy (non-hydrogen) atoms. The van der Waals surface area contributed by atoms with Crippen LogP contribution in [0, 0.1) is 5.92 Å². The summed E-state index contributed by atoms with van der Waals surface area (Å²) < 4.78 is 13.0. The molecule has 1 heterocycles. The summed E-state index contributed by atoms with van der Waals surface area (Å²) in [6, 6.07) is 12.7. The Morgan fingerprint density at radius 1 is 1.14 bits per heavy atom. The maximum absolute atomic E-state index is 12.9. The molecule has 6 heteroatoms. The number of benzene rings is 2. The van der Waals surface area contributed by atoms with Crippen molar-refractivity contribution in [3.05, 3.63) is 74.0 Å². The summed E-state index contributed by atoms with van der Waals surface area (Å²) in [4.78, 5) is 12.9. The molecule has 1 N–H and O–H groups in total. The Kier molecular flexibility index (Phi) is 6.49. The Morgan fingerprint density at radius 2 is 1.86 bits per heavy atom. The van der Waals surface area contributed by atoms with E-state index < -0.39 is 0 Å². The van der Waals surface area contributed by atoms with Crippen LogP contribution in [-0.2, 0) is 0 Å². The average Bonchev–Trinajstić information content (AvgIpc) is 2.96. The highest BCUT2D eigenvalue weighted by Crippen LogP contribution is 2.29. The van der Waals surface area contributed by atoms with Crippen molar-refractivity contribution in [2.75, 3.05) is 13.2 Å². The number of hydrogen-bond acceptors (Lipinski definition) is 3. The predicted molar refractivity (Wildman–Crippen MR) is 118 cm³/mol. The summed E-state index contributed by atoms with van der Waals surface area (Å²) in [6.07, 6.45) is 1.79. The lowest BCUT2D eigenvalue weighted by Crippen LogP contribution is -2.33. The van der Waals surface area contributed by atoms with Gasteiger partial charge in [-0.15, -0.1) is 0 Å². The minimum Gasteiger partial charge on any atom is -0.490 e. The third kappa shape index (κ3) is 4.93. The standard InChI is InChI=1S/C23H25ClN2O3/c1-5-28-22-13-17(6-11-21(22)29-14-15(2)3)12-20-16(4)25-26(23(20)27)19-9-7-18(24)8-10-19/h6-13,15,25H,4-5,14H2,1-3H3/b20-12-.